The van der Waals surface area contributed by atoms with Crippen LogP contribution in [0.5, 0.6) is 0 Å². The molecule has 0 aliphatic carbocycles. The van der Waals surface area contributed by atoms with Gasteiger partial charge in [-0.05, 0) is 45.2 Å². The summed E-state index contributed by atoms with van der Waals surface area (Å²) in [6.45, 7) is 11.1. The molecule has 1 aromatic heterocycles. The molecular weight excluding hydrogens is 272 g/mol. The van der Waals surface area contributed by atoms with Crippen molar-refractivity contribution in [2.45, 2.75) is 59.0 Å². The third kappa shape index (κ3) is 3.16. The first kappa shape index (κ1) is 14.9. The molecule has 0 radical (unpaired) electrons. The van der Waals surface area contributed by atoms with Crippen molar-refractivity contribution < 1.29 is 0 Å². The average molecular weight is 297 g/mol. The molecule has 0 bridgehead atoms. The van der Waals surface area contributed by atoms with E-state index in [0.717, 1.165) is 10.9 Å². The lowest BCUT2D eigenvalue weighted by Gasteiger charge is -2.25. The van der Waals surface area contributed by atoms with Crippen LogP contribution in [0.1, 0.15) is 55.0 Å². The van der Waals surface area contributed by atoms with E-state index in [4.69, 9.17) is 4.99 Å². The van der Waals surface area contributed by atoms with Crippen molar-refractivity contribution in [3.63, 3.8) is 0 Å². The maximum absolute atomic E-state index is 4.89. The largest absolute Gasteiger partial charge is 0.359 e. The summed E-state index contributed by atoms with van der Waals surface area (Å²) in [5.74, 6) is 1.15. The molecule has 0 aromatic carbocycles. The molecule has 1 aromatic rings. The lowest BCUT2D eigenvalue weighted by atomic mass is 9.96. The van der Waals surface area contributed by atoms with Crippen LogP contribution in [0, 0.1) is 13.8 Å². The summed E-state index contributed by atoms with van der Waals surface area (Å²) in [4.78, 5) is 7.66. The molecule has 0 amide bonds. The standard InChI is InChI=1S/C15H24N2S2/c1-6-15(7-2)9-18-14(17-15)16-11(4)13-8-10(3)19-12(13)5/h8,11H,6-7,9H2,1-5H3,(H,16,17). The lowest BCUT2D eigenvalue weighted by Crippen LogP contribution is -2.42. The first-order valence-electron chi connectivity index (χ1n) is 7.05. The SMILES string of the molecule is CCC1(CC)CSC(=NC(C)c2cc(C)sc2C)N1. The fourth-order valence-corrected chi connectivity index (χ4v) is 4.95. The van der Waals surface area contributed by atoms with E-state index >= 15 is 0 Å². The van der Waals surface area contributed by atoms with E-state index in [1.807, 2.05) is 23.1 Å². The number of thiophene rings is 1. The lowest BCUT2D eigenvalue weighted by molar-refractivity contribution is 0.407. The normalized spacial score (nSPS) is 21.6. The van der Waals surface area contributed by atoms with Gasteiger partial charge in [0.25, 0.3) is 0 Å². The van der Waals surface area contributed by atoms with Crippen molar-refractivity contribution in [2.24, 2.45) is 4.99 Å². The van der Waals surface area contributed by atoms with Crippen LogP contribution in [0.25, 0.3) is 0 Å². The van der Waals surface area contributed by atoms with Crippen LogP contribution in [0.4, 0.5) is 0 Å². The smallest absolute Gasteiger partial charge is 0.157 e. The summed E-state index contributed by atoms with van der Waals surface area (Å²) in [6, 6.07) is 2.53. The number of nitrogens with zero attached hydrogens (tertiary/aromatic N) is 1. The Hall–Kier alpha value is -0.480. The van der Waals surface area contributed by atoms with E-state index in [0.29, 0.717) is 0 Å². The van der Waals surface area contributed by atoms with Crippen molar-refractivity contribution in [1.29, 1.82) is 0 Å². The highest BCUT2D eigenvalue weighted by Gasteiger charge is 2.34. The Morgan fingerprint density at radius 3 is 2.53 bits per heavy atom. The van der Waals surface area contributed by atoms with Crippen molar-refractivity contribution in [2.75, 3.05) is 5.75 Å². The summed E-state index contributed by atoms with van der Waals surface area (Å²) >= 11 is 3.74. The van der Waals surface area contributed by atoms with Crippen molar-refractivity contribution in [1.82, 2.24) is 5.32 Å². The van der Waals surface area contributed by atoms with Gasteiger partial charge in [0, 0.05) is 21.0 Å². The monoisotopic (exact) mass is 296 g/mol. The fraction of sp³-hybridized carbons (Fsp3) is 0.667. The van der Waals surface area contributed by atoms with Crippen LogP contribution >= 0.6 is 23.1 Å². The molecule has 106 valence electrons. The van der Waals surface area contributed by atoms with Gasteiger partial charge in [-0.25, -0.2) is 0 Å². The molecule has 4 heteroatoms. The van der Waals surface area contributed by atoms with Gasteiger partial charge in [0.2, 0.25) is 0 Å². The number of rotatable bonds is 4. The van der Waals surface area contributed by atoms with Crippen LogP contribution in [0.15, 0.2) is 11.1 Å². The molecule has 0 spiro atoms. The van der Waals surface area contributed by atoms with Gasteiger partial charge in [0.15, 0.2) is 5.17 Å². The van der Waals surface area contributed by atoms with E-state index in [2.05, 4.69) is 46.0 Å². The van der Waals surface area contributed by atoms with Gasteiger partial charge in [-0.3, -0.25) is 4.99 Å². The van der Waals surface area contributed by atoms with Gasteiger partial charge < -0.3 is 5.32 Å². The van der Waals surface area contributed by atoms with Gasteiger partial charge in [-0.2, -0.15) is 0 Å². The van der Waals surface area contributed by atoms with Crippen LogP contribution in [0.3, 0.4) is 0 Å². The van der Waals surface area contributed by atoms with E-state index in [1.165, 1.54) is 28.2 Å². The van der Waals surface area contributed by atoms with Crippen molar-refractivity contribution in [3.05, 3.63) is 21.4 Å². The van der Waals surface area contributed by atoms with Gasteiger partial charge >= 0.3 is 0 Å². The second-order valence-corrected chi connectivity index (χ2v) is 7.80. The number of thioether (sulfide) groups is 1. The van der Waals surface area contributed by atoms with Crippen molar-refractivity contribution >= 4 is 28.3 Å². The molecule has 1 saturated heterocycles. The summed E-state index contributed by atoms with van der Waals surface area (Å²) in [5.41, 5.74) is 1.64. The minimum atomic E-state index is 0.254. The zero-order valence-electron chi connectivity index (χ0n) is 12.5. The molecule has 2 heterocycles. The summed E-state index contributed by atoms with van der Waals surface area (Å²) in [5, 5.41) is 4.77. The number of nitrogens with one attached hydrogen (secondary N) is 1. The molecule has 1 aliphatic heterocycles. The van der Waals surface area contributed by atoms with Gasteiger partial charge in [-0.15, -0.1) is 11.3 Å². The second kappa shape index (κ2) is 5.88. The Labute approximate surface area is 125 Å². The predicted octanol–water partition coefficient (Wildman–Crippen LogP) is 4.68. The summed E-state index contributed by atoms with van der Waals surface area (Å²) in [7, 11) is 0. The van der Waals surface area contributed by atoms with Crippen LogP contribution in [-0.2, 0) is 0 Å². The zero-order valence-corrected chi connectivity index (χ0v) is 14.2. The molecular formula is C15H24N2S2. The molecule has 2 rings (SSSR count). The van der Waals surface area contributed by atoms with E-state index in [-0.39, 0.29) is 11.6 Å². The number of amidine groups is 1. The summed E-state index contributed by atoms with van der Waals surface area (Å²) in [6.07, 6.45) is 2.33. The number of hydrogen-bond acceptors (Lipinski definition) is 3. The topological polar surface area (TPSA) is 24.4 Å². The van der Waals surface area contributed by atoms with Gasteiger partial charge in [-0.1, -0.05) is 25.6 Å². The Morgan fingerprint density at radius 1 is 1.37 bits per heavy atom. The van der Waals surface area contributed by atoms with Crippen LogP contribution < -0.4 is 5.32 Å². The molecule has 0 saturated carbocycles. The third-order valence-electron chi connectivity index (χ3n) is 4.05. The summed E-state index contributed by atoms with van der Waals surface area (Å²) < 4.78 is 0. The third-order valence-corrected chi connectivity index (χ3v) is 6.21. The molecule has 1 fully saturated rings. The van der Waals surface area contributed by atoms with Crippen LogP contribution in [-0.4, -0.2) is 16.5 Å². The minimum absolute atomic E-state index is 0.254. The quantitative estimate of drug-likeness (QED) is 0.872. The van der Waals surface area contributed by atoms with Gasteiger partial charge in [0.1, 0.15) is 0 Å². The van der Waals surface area contributed by atoms with E-state index in [1.54, 1.807) is 0 Å². The first-order chi connectivity index (χ1) is 8.99. The number of aliphatic imine (C=N–C) groups is 1. The van der Waals surface area contributed by atoms with Crippen LogP contribution in [0.2, 0.25) is 0 Å². The Balaban J connectivity index is 2.13. The maximum Gasteiger partial charge on any atom is 0.157 e. The molecule has 2 nitrogen and oxygen atoms in total. The number of hydrogen-bond donors (Lipinski definition) is 1. The highest BCUT2D eigenvalue weighted by Crippen LogP contribution is 2.32. The van der Waals surface area contributed by atoms with Gasteiger partial charge in [0.05, 0.1) is 6.04 Å². The molecule has 19 heavy (non-hydrogen) atoms. The number of aryl methyl sites for hydroxylation is 2. The van der Waals surface area contributed by atoms with E-state index in [9.17, 15) is 0 Å². The predicted molar refractivity (Wildman–Crippen MR) is 88.5 cm³/mol. The molecule has 1 aliphatic rings. The van der Waals surface area contributed by atoms with E-state index < -0.39 is 0 Å². The maximum atomic E-state index is 4.89. The van der Waals surface area contributed by atoms with Crippen molar-refractivity contribution in [3.8, 4) is 0 Å². The average Bonchev–Trinajstić information content (AvgIpc) is 2.93. The highest BCUT2D eigenvalue weighted by atomic mass is 32.2. The molecule has 1 unspecified atom stereocenters. The highest BCUT2D eigenvalue weighted by molar-refractivity contribution is 8.14. The Kier molecular flexibility index (Phi) is 4.62. The Morgan fingerprint density at radius 2 is 2.05 bits per heavy atom. The fourth-order valence-electron chi connectivity index (χ4n) is 2.52. The molecule has 1 N–H and O–H groups in total. The Bertz CT molecular complexity index is 472. The molecule has 1 atom stereocenters. The second-order valence-electron chi connectivity index (χ2n) is 5.38. The first-order valence-corrected chi connectivity index (χ1v) is 8.85. The minimum Gasteiger partial charge on any atom is -0.359 e. The zero-order chi connectivity index (χ0) is 14.0.